The molecule has 3 aromatic carbocycles. The lowest BCUT2D eigenvalue weighted by atomic mass is 10.0. The van der Waals surface area contributed by atoms with Gasteiger partial charge in [0, 0.05) is 38.0 Å². The van der Waals surface area contributed by atoms with Crippen LogP contribution in [0, 0.1) is 19.7 Å². The molecule has 220 valence electrons. The number of carbonyl (C=O) groups excluding carboxylic acids is 2. The Labute approximate surface area is 243 Å². The maximum absolute atomic E-state index is 14.7. The van der Waals surface area contributed by atoms with Crippen molar-refractivity contribution in [2.75, 3.05) is 23.7 Å². The molecule has 0 heterocycles. The van der Waals surface area contributed by atoms with Crippen LogP contribution >= 0.6 is 0 Å². The first-order chi connectivity index (χ1) is 19.5. The lowest BCUT2D eigenvalue weighted by Crippen LogP contribution is -2.50. The number of carbonyl (C=O) groups is 2. The highest BCUT2D eigenvalue weighted by atomic mass is 32.2. The summed E-state index contributed by atoms with van der Waals surface area (Å²) in [5, 5.41) is 2.90. The molecule has 1 N–H and O–H groups in total. The van der Waals surface area contributed by atoms with E-state index in [1.54, 1.807) is 24.3 Å². The fraction of sp³-hybridized carbons (Fsp3) is 0.375. The minimum absolute atomic E-state index is 0.0162. The van der Waals surface area contributed by atoms with Crippen molar-refractivity contribution < 1.29 is 22.4 Å². The van der Waals surface area contributed by atoms with Crippen LogP contribution in [0.15, 0.2) is 72.8 Å². The lowest BCUT2D eigenvalue weighted by molar-refractivity contribution is -0.141. The van der Waals surface area contributed by atoms with Gasteiger partial charge in [-0.25, -0.2) is 12.8 Å². The fourth-order valence-electron chi connectivity index (χ4n) is 4.61. The number of halogens is 1. The molecule has 3 aromatic rings. The Morgan fingerprint density at radius 1 is 0.951 bits per heavy atom. The molecule has 0 aliphatic rings. The third-order valence-electron chi connectivity index (χ3n) is 7.05. The number of nitrogens with one attached hydrogen (secondary N) is 1. The average Bonchev–Trinajstić information content (AvgIpc) is 2.94. The molecule has 0 aliphatic carbocycles. The molecule has 0 saturated heterocycles. The first-order valence-corrected chi connectivity index (χ1v) is 15.8. The minimum atomic E-state index is -3.61. The topological polar surface area (TPSA) is 86.8 Å². The first-order valence-electron chi connectivity index (χ1n) is 13.9. The van der Waals surface area contributed by atoms with E-state index < -0.39 is 21.9 Å². The Bertz CT molecular complexity index is 1430. The van der Waals surface area contributed by atoms with Crippen LogP contribution in [-0.4, -0.2) is 50.5 Å². The van der Waals surface area contributed by atoms with Crippen LogP contribution in [0.3, 0.4) is 0 Å². The molecule has 0 bridgehead atoms. The molecular weight excluding hydrogens is 541 g/mol. The molecule has 9 heteroatoms. The van der Waals surface area contributed by atoms with Crippen LogP contribution in [0.5, 0.6) is 0 Å². The van der Waals surface area contributed by atoms with E-state index in [0.717, 1.165) is 29.4 Å². The predicted molar refractivity (Wildman–Crippen MR) is 162 cm³/mol. The van der Waals surface area contributed by atoms with Crippen LogP contribution in [-0.2, 0) is 32.6 Å². The van der Waals surface area contributed by atoms with E-state index in [-0.39, 0.29) is 44.2 Å². The predicted octanol–water partition coefficient (Wildman–Crippen LogP) is 5.16. The van der Waals surface area contributed by atoms with Crippen LogP contribution in [0.25, 0.3) is 0 Å². The number of hydrogen-bond donors (Lipinski definition) is 1. The Kier molecular flexibility index (Phi) is 11.5. The second kappa shape index (κ2) is 14.8. The molecule has 2 amide bonds. The van der Waals surface area contributed by atoms with Gasteiger partial charge in [-0.05, 0) is 61.6 Å². The van der Waals surface area contributed by atoms with E-state index in [2.05, 4.69) is 5.32 Å². The molecule has 7 nitrogen and oxygen atoms in total. The molecule has 0 saturated carbocycles. The maximum atomic E-state index is 14.7. The van der Waals surface area contributed by atoms with Gasteiger partial charge in [-0.3, -0.25) is 13.9 Å². The van der Waals surface area contributed by atoms with Gasteiger partial charge < -0.3 is 10.2 Å². The molecule has 1 unspecified atom stereocenters. The van der Waals surface area contributed by atoms with E-state index in [4.69, 9.17) is 0 Å². The quantitative estimate of drug-likeness (QED) is 0.285. The summed E-state index contributed by atoms with van der Waals surface area (Å²) in [6, 6.07) is 20.1. The highest BCUT2D eigenvalue weighted by Gasteiger charge is 2.31. The summed E-state index contributed by atoms with van der Waals surface area (Å²) < 4.78 is 41.3. The van der Waals surface area contributed by atoms with E-state index in [9.17, 15) is 22.4 Å². The third-order valence-corrected chi connectivity index (χ3v) is 8.24. The number of aryl methyl sites for hydroxylation is 2. The summed E-state index contributed by atoms with van der Waals surface area (Å²) in [6.07, 6.45) is 2.33. The Morgan fingerprint density at radius 3 is 2.27 bits per heavy atom. The zero-order valence-electron chi connectivity index (χ0n) is 24.3. The minimum Gasteiger partial charge on any atom is -0.354 e. The van der Waals surface area contributed by atoms with Gasteiger partial charge in [0.25, 0.3) is 0 Å². The standard InChI is InChI=1S/C32H40FN3O4S/c1-5-19-34-32(38)30(22-26-12-7-6-8-13-26)35(23-27-14-9-10-15-29(27)33)31(37)16-11-20-36(41(4,39)40)28-18-17-24(2)25(3)21-28/h6-10,12-15,17-18,21,30H,5,11,16,19-20,22-23H2,1-4H3,(H,34,38). The van der Waals surface area contributed by atoms with Gasteiger partial charge in [0.15, 0.2) is 0 Å². The zero-order valence-corrected chi connectivity index (χ0v) is 25.1. The normalized spacial score (nSPS) is 12.0. The SMILES string of the molecule is CCCNC(=O)C(Cc1ccccc1)N(Cc1ccccc1F)C(=O)CCCN(c1ccc(C)c(C)c1)S(C)(=O)=O. The number of sulfonamides is 1. The van der Waals surface area contributed by atoms with Gasteiger partial charge in [-0.15, -0.1) is 0 Å². The molecule has 1 atom stereocenters. The Hall–Kier alpha value is -3.72. The van der Waals surface area contributed by atoms with Crippen LogP contribution in [0.4, 0.5) is 10.1 Å². The molecule has 0 radical (unpaired) electrons. The average molecular weight is 582 g/mol. The maximum Gasteiger partial charge on any atom is 0.243 e. The molecule has 41 heavy (non-hydrogen) atoms. The second-order valence-corrected chi connectivity index (χ2v) is 12.2. The molecule has 0 aromatic heterocycles. The number of rotatable bonds is 14. The largest absolute Gasteiger partial charge is 0.354 e. The summed E-state index contributed by atoms with van der Waals surface area (Å²) in [6.45, 7) is 6.26. The van der Waals surface area contributed by atoms with Crippen LogP contribution in [0.1, 0.15) is 48.4 Å². The van der Waals surface area contributed by atoms with Crippen molar-refractivity contribution in [3.63, 3.8) is 0 Å². The summed E-state index contributed by atoms with van der Waals surface area (Å²) in [7, 11) is -3.61. The van der Waals surface area contributed by atoms with E-state index in [1.165, 1.54) is 15.3 Å². The number of hydrogen-bond acceptors (Lipinski definition) is 4. The molecule has 3 rings (SSSR count). The first kappa shape index (κ1) is 31.8. The summed E-state index contributed by atoms with van der Waals surface area (Å²) in [5.74, 6) is -1.13. The number of benzene rings is 3. The zero-order chi connectivity index (χ0) is 30.0. The Morgan fingerprint density at radius 2 is 1.63 bits per heavy atom. The second-order valence-electron chi connectivity index (χ2n) is 10.3. The highest BCUT2D eigenvalue weighted by molar-refractivity contribution is 7.92. The smallest absolute Gasteiger partial charge is 0.243 e. The Balaban J connectivity index is 1.88. The monoisotopic (exact) mass is 581 g/mol. The van der Waals surface area contributed by atoms with E-state index in [0.29, 0.717) is 17.8 Å². The molecule has 0 spiro atoms. The van der Waals surface area contributed by atoms with Crippen molar-refractivity contribution in [2.45, 2.75) is 59.0 Å². The molecular formula is C32H40FN3O4S. The van der Waals surface area contributed by atoms with Crippen molar-refractivity contribution >= 4 is 27.5 Å². The summed E-state index contributed by atoms with van der Waals surface area (Å²) in [4.78, 5) is 28.6. The number of nitrogens with zero attached hydrogens (tertiary/aromatic N) is 2. The summed E-state index contributed by atoms with van der Waals surface area (Å²) >= 11 is 0. The van der Waals surface area contributed by atoms with Crippen molar-refractivity contribution in [2.24, 2.45) is 0 Å². The van der Waals surface area contributed by atoms with Gasteiger partial charge in [0.05, 0.1) is 11.9 Å². The van der Waals surface area contributed by atoms with Gasteiger partial charge >= 0.3 is 0 Å². The van der Waals surface area contributed by atoms with Crippen molar-refractivity contribution in [1.29, 1.82) is 0 Å². The van der Waals surface area contributed by atoms with Crippen LogP contribution < -0.4 is 9.62 Å². The van der Waals surface area contributed by atoms with Crippen LogP contribution in [0.2, 0.25) is 0 Å². The number of amides is 2. The van der Waals surface area contributed by atoms with Gasteiger partial charge in [0.2, 0.25) is 21.8 Å². The van der Waals surface area contributed by atoms with Gasteiger partial charge in [0.1, 0.15) is 11.9 Å². The van der Waals surface area contributed by atoms with Crippen molar-refractivity contribution in [3.05, 3.63) is 101 Å². The van der Waals surface area contributed by atoms with E-state index in [1.807, 2.05) is 63.2 Å². The van der Waals surface area contributed by atoms with Crippen molar-refractivity contribution in [1.82, 2.24) is 10.2 Å². The number of anilines is 1. The fourth-order valence-corrected chi connectivity index (χ4v) is 5.57. The van der Waals surface area contributed by atoms with Gasteiger partial charge in [-0.1, -0.05) is 61.5 Å². The highest BCUT2D eigenvalue weighted by Crippen LogP contribution is 2.23. The van der Waals surface area contributed by atoms with Crippen molar-refractivity contribution in [3.8, 4) is 0 Å². The molecule has 0 fully saturated rings. The third kappa shape index (κ3) is 9.14. The molecule has 0 aliphatic heterocycles. The van der Waals surface area contributed by atoms with E-state index >= 15 is 0 Å². The lowest BCUT2D eigenvalue weighted by Gasteiger charge is -2.32. The summed E-state index contributed by atoms with van der Waals surface area (Å²) in [5.41, 5.74) is 3.72. The van der Waals surface area contributed by atoms with Gasteiger partial charge in [-0.2, -0.15) is 0 Å².